The highest BCUT2D eigenvalue weighted by Crippen LogP contribution is 2.27. The largest absolute Gasteiger partial charge is 0.375 e. The highest BCUT2D eigenvalue weighted by Gasteiger charge is 2.10. The van der Waals surface area contributed by atoms with E-state index in [4.69, 9.17) is 0 Å². The molecular formula is C13H19N3S. The van der Waals surface area contributed by atoms with E-state index in [1.54, 1.807) is 0 Å². The van der Waals surface area contributed by atoms with Crippen molar-refractivity contribution in [1.82, 2.24) is 9.78 Å². The van der Waals surface area contributed by atoms with Crippen LogP contribution in [0.5, 0.6) is 0 Å². The Morgan fingerprint density at radius 2 is 2.24 bits per heavy atom. The van der Waals surface area contributed by atoms with Crippen LogP contribution in [-0.4, -0.2) is 9.78 Å². The molecule has 1 unspecified atom stereocenters. The Balaban J connectivity index is 2.10. The van der Waals surface area contributed by atoms with Crippen molar-refractivity contribution in [3.63, 3.8) is 0 Å². The van der Waals surface area contributed by atoms with E-state index < -0.39 is 0 Å². The maximum absolute atomic E-state index is 4.34. The minimum atomic E-state index is 0.336. The maximum Gasteiger partial charge on any atom is 0.0825 e. The number of hydrogen-bond donors (Lipinski definition) is 1. The normalized spacial score (nSPS) is 12.7. The van der Waals surface area contributed by atoms with Gasteiger partial charge in [-0.3, -0.25) is 4.68 Å². The Bertz CT molecular complexity index is 498. The van der Waals surface area contributed by atoms with Gasteiger partial charge in [0.1, 0.15) is 0 Å². The van der Waals surface area contributed by atoms with Gasteiger partial charge in [0.05, 0.1) is 17.4 Å². The quantitative estimate of drug-likeness (QED) is 0.898. The molecule has 92 valence electrons. The first-order chi connectivity index (χ1) is 8.10. The predicted molar refractivity (Wildman–Crippen MR) is 73.7 cm³/mol. The summed E-state index contributed by atoms with van der Waals surface area (Å²) in [4.78, 5) is 2.82. The molecule has 0 saturated heterocycles. The molecule has 1 N–H and O–H groups in total. The Labute approximate surface area is 106 Å². The van der Waals surface area contributed by atoms with E-state index in [1.165, 1.54) is 9.75 Å². The Hall–Kier alpha value is -1.29. The molecular weight excluding hydrogens is 230 g/mol. The van der Waals surface area contributed by atoms with Crippen LogP contribution in [0.2, 0.25) is 0 Å². The fraction of sp³-hybridized carbons (Fsp3) is 0.462. The third-order valence-electron chi connectivity index (χ3n) is 2.84. The molecule has 0 amide bonds. The minimum Gasteiger partial charge on any atom is -0.375 e. The van der Waals surface area contributed by atoms with E-state index in [2.05, 4.69) is 36.4 Å². The fourth-order valence-electron chi connectivity index (χ4n) is 1.86. The van der Waals surface area contributed by atoms with Gasteiger partial charge in [-0.05, 0) is 32.4 Å². The van der Waals surface area contributed by atoms with Gasteiger partial charge in [0.15, 0.2) is 0 Å². The molecule has 0 saturated carbocycles. The average molecular weight is 249 g/mol. The first-order valence-corrected chi connectivity index (χ1v) is 6.77. The Kier molecular flexibility index (Phi) is 3.52. The number of nitrogens with one attached hydrogen (secondary N) is 1. The summed E-state index contributed by atoms with van der Waals surface area (Å²) in [6, 6.07) is 4.77. The molecule has 0 spiro atoms. The van der Waals surface area contributed by atoms with Gasteiger partial charge in [-0.25, -0.2) is 0 Å². The predicted octanol–water partition coefficient (Wildman–Crippen LogP) is 3.53. The van der Waals surface area contributed by atoms with Crippen LogP contribution in [-0.2, 0) is 13.5 Å². The van der Waals surface area contributed by atoms with Crippen molar-refractivity contribution in [1.29, 1.82) is 0 Å². The zero-order valence-corrected chi connectivity index (χ0v) is 11.6. The van der Waals surface area contributed by atoms with Gasteiger partial charge < -0.3 is 5.32 Å². The van der Waals surface area contributed by atoms with Crippen molar-refractivity contribution in [2.45, 2.75) is 33.2 Å². The zero-order valence-electron chi connectivity index (χ0n) is 10.8. The molecule has 3 nitrogen and oxygen atoms in total. The highest BCUT2D eigenvalue weighted by atomic mass is 32.1. The van der Waals surface area contributed by atoms with Crippen molar-refractivity contribution in [3.05, 3.63) is 33.8 Å². The Morgan fingerprint density at radius 3 is 2.76 bits per heavy atom. The van der Waals surface area contributed by atoms with Crippen LogP contribution in [0.4, 0.5) is 5.69 Å². The summed E-state index contributed by atoms with van der Waals surface area (Å²) in [5, 5.41) is 7.85. The number of anilines is 1. The van der Waals surface area contributed by atoms with Gasteiger partial charge >= 0.3 is 0 Å². The third kappa shape index (κ3) is 2.69. The molecule has 0 aliphatic carbocycles. The number of hydrogen-bond acceptors (Lipinski definition) is 3. The first-order valence-electron chi connectivity index (χ1n) is 5.95. The summed E-state index contributed by atoms with van der Waals surface area (Å²) in [5.41, 5.74) is 2.16. The van der Waals surface area contributed by atoms with Crippen LogP contribution >= 0.6 is 11.3 Å². The van der Waals surface area contributed by atoms with E-state index in [1.807, 2.05) is 36.2 Å². The molecule has 4 heteroatoms. The number of nitrogens with zero attached hydrogens (tertiary/aromatic N) is 2. The molecule has 2 heterocycles. The maximum atomic E-state index is 4.34. The van der Waals surface area contributed by atoms with Crippen molar-refractivity contribution in [3.8, 4) is 0 Å². The lowest BCUT2D eigenvalue weighted by Crippen LogP contribution is -2.04. The van der Waals surface area contributed by atoms with E-state index in [-0.39, 0.29) is 0 Å². The second-order valence-corrected chi connectivity index (χ2v) is 5.53. The molecule has 17 heavy (non-hydrogen) atoms. The number of thiophene rings is 1. The van der Waals surface area contributed by atoms with Crippen LogP contribution in [0.1, 0.15) is 35.3 Å². The van der Waals surface area contributed by atoms with Gasteiger partial charge in [-0.2, -0.15) is 5.10 Å². The van der Waals surface area contributed by atoms with Crippen LogP contribution in [0.3, 0.4) is 0 Å². The third-order valence-corrected chi connectivity index (χ3v) is 4.26. The molecule has 0 aliphatic heterocycles. The van der Waals surface area contributed by atoms with Crippen molar-refractivity contribution < 1.29 is 0 Å². The van der Waals surface area contributed by atoms with Crippen LogP contribution in [0.15, 0.2) is 18.3 Å². The summed E-state index contributed by atoms with van der Waals surface area (Å²) in [5.74, 6) is 0. The van der Waals surface area contributed by atoms with E-state index in [0.29, 0.717) is 6.04 Å². The van der Waals surface area contributed by atoms with Gasteiger partial charge in [0.2, 0.25) is 0 Å². The Morgan fingerprint density at radius 1 is 1.47 bits per heavy atom. The molecule has 0 fully saturated rings. The summed E-state index contributed by atoms with van der Waals surface area (Å²) < 4.78 is 1.84. The van der Waals surface area contributed by atoms with Gasteiger partial charge in [0, 0.05) is 23.0 Å². The second kappa shape index (κ2) is 4.92. The van der Waals surface area contributed by atoms with Crippen LogP contribution in [0.25, 0.3) is 0 Å². The molecule has 2 aromatic heterocycles. The molecule has 2 rings (SSSR count). The standard InChI is InChI=1S/C13H19N3S/c1-5-11-6-7-13(17-11)10(3)14-12-8-16(4)15-9(12)2/h6-8,10,14H,5H2,1-4H3. The van der Waals surface area contributed by atoms with E-state index >= 15 is 0 Å². The topological polar surface area (TPSA) is 29.9 Å². The first kappa shape index (κ1) is 12.2. The lowest BCUT2D eigenvalue weighted by atomic mass is 10.2. The minimum absolute atomic E-state index is 0.336. The molecule has 0 bridgehead atoms. The van der Waals surface area contributed by atoms with E-state index in [9.17, 15) is 0 Å². The van der Waals surface area contributed by atoms with Crippen LogP contribution in [0, 0.1) is 6.92 Å². The second-order valence-electron chi connectivity index (χ2n) is 4.33. The summed E-state index contributed by atoms with van der Waals surface area (Å²) in [6.07, 6.45) is 3.14. The monoisotopic (exact) mass is 249 g/mol. The number of rotatable bonds is 4. The molecule has 1 atom stereocenters. The van der Waals surface area contributed by atoms with E-state index in [0.717, 1.165) is 17.8 Å². The zero-order chi connectivity index (χ0) is 12.4. The van der Waals surface area contributed by atoms with Crippen molar-refractivity contribution in [2.24, 2.45) is 7.05 Å². The lowest BCUT2D eigenvalue weighted by molar-refractivity contribution is 0.756. The van der Waals surface area contributed by atoms with Crippen molar-refractivity contribution in [2.75, 3.05) is 5.32 Å². The summed E-state index contributed by atoms with van der Waals surface area (Å²) in [7, 11) is 1.95. The SMILES string of the molecule is CCc1ccc(C(C)Nc2cn(C)nc2C)s1. The number of aromatic nitrogens is 2. The molecule has 0 aliphatic rings. The molecule has 0 aromatic carbocycles. The fourth-order valence-corrected chi connectivity index (χ4v) is 2.82. The molecule has 2 aromatic rings. The highest BCUT2D eigenvalue weighted by molar-refractivity contribution is 7.12. The van der Waals surface area contributed by atoms with Gasteiger partial charge in [-0.1, -0.05) is 6.92 Å². The number of aryl methyl sites for hydroxylation is 3. The molecule has 0 radical (unpaired) electrons. The van der Waals surface area contributed by atoms with Gasteiger partial charge in [-0.15, -0.1) is 11.3 Å². The lowest BCUT2D eigenvalue weighted by Gasteiger charge is -2.12. The van der Waals surface area contributed by atoms with Crippen LogP contribution < -0.4 is 5.32 Å². The summed E-state index contributed by atoms with van der Waals surface area (Å²) >= 11 is 1.88. The smallest absolute Gasteiger partial charge is 0.0825 e. The van der Waals surface area contributed by atoms with Crippen molar-refractivity contribution >= 4 is 17.0 Å². The average Bonchev–Trinajstić information content (AvgIpc) is 2.86. The summed E-state index contributed by atoms with van der Waals surface area (Å²) in [6.45, 7) is 6.41. The van der Waals surface area contributed by atoms with Gasteiger partial charge in [0.25, 0.3) is 0 Å².